The zero-order chi connectivity index (χ0) is 11.3. The molecule has 0 aliphatic carbocycles. The molecule has 1 rings (SSSR count). The normalized spacial score (nSPS) is 10.9. The third-order valence-corrected chi connectivity index (χ3v) is 2.77. The molecule has 0 N–H and O–H groups in total. The number of carbonyl (C=O) groups excluding carboxylic acids is 1. The zero-order valence-electron chi connectivity index (χ0n) is 8.04. The molecule has 1 heterocycles. The highest BCUT2D eigenvalue weighted by molar-refractivity contribution is 8.13. The molecule has 15 heavy (non-hydrogen) atoms. The Morgan fingerprint density at radius 3 is 2.93 bits per heavy atom. The summed E-state index contributed by atoms with van der Waals surface area (Å²) < 4.78 is 0. The Balaban J connectivity index is 2.60. The minimum absolute atomic E-state index is 0.0924. The van der Waals surface area contributed by atoms with Crippen LogP contribution in [0, 0.1) is 0 Å². The summed E-state index contributed by atoms with van der Waals surface area (Å²) in [6.07, 6.45) is 5.15. The maximum absolute atomic E-state index is 10.6. The molecule has 0 fully saturated rings. The molecule has 0 unspecified atom stereocenters. The van der Waals surface area contributed by atoms with Crippen LogP contribution >= 0.6 is 35.0 Å². The molecule has 2 nitrogen and oxygen atoms in total. The molecule has 0 spiro atoms. The standard InChI is InChI=1S/C10H9Cl2NOS/c1-7(14)15-4-2-3-10-9(12)5-8(11)6-13-10/h2-3,5-6H,4H2,1H3. The van der Waals surface area contributed by atoms with Crippen LogP contribution in [0.5, 0.6) is 0 Å². The van der Waals surface area contributed by atoms with Crippen molar-refractivity contribution in [1.82, 2.24) is 4.98 Å². The number of hydrogen-bond acceptors (Lipinski definition) is 3. The fourth-order valence-electron chi connectivity index (χ4n) is 0.873. The van der Waals surface area contributed by atoms with E-state index in [-0.39, 0.29) is 5.12 Å². The molecule has 0 bridgehead atoms. The Hall–Kier alpha value is -0.510. The number of nitrogens with zero attached hydrogens (tertiary/aromatic N) is 1. The van der Waals surface area contributed by atoms with Gasteiger partial charge in [0.1, 0.15) is 0 Å². The lowest BCUT2D eigenvalue weighted by Crippen LogP contribution is -1.84. The minimum Gasteiger partial charge on any atom is -0.288 e. The molecule has 5 heteroatoms. The lowest BCUT2D eigenvalue weighted by Gasteiger charge is -1.97. The molecular weight excluding hydrogens is 253 g/mol. The highest BCUT2D eigenvalue weighted by Crippen LogP contribution is 2.19. The highest BCUT2D eigenvalue weighted by atomic mass is 35.5. The third-order valence-electron chi connectivity index (χ3n) is 1.49. The zero-order valence-corrected chi connectivity index (χ0v) is 10.4. The Kier molecular flexibility index (Phi) is 5.15. The van der Waals surface area contributed by atoms with E-state index in [1.165, 1.54) is 24.9 Å². The topological polar surface area (TPSA) is 30.0 Å². The monoisotopic (exact) mass is 261 g/mol. The molecular formula is C10H9Cl2NOS. The van der Waals surface area contributed by atoms with Crippen molar-refractivity contribution in [1.29, 1.82) is 0 Å². The van der Waals surface area contributed by atoms with Crippen molar-refractivity contribution in [3.63, 3.8) is 0 Å². The Morgan fingerprint density at radius 2 is 2.33 bits per heavy atom. The summed E-state index contributed by atoms with van der Waals surface area (Å²) in [5, 5.41) is 1.11. The second-order valence-electron chi connectivity index (χ2n) is 2.73. The molecule has 0 aromatic carbocycles. The number of hydrogen-bond donors (Lipinski definition) is 0. The van der Waals surface area contributed by atoms with Crippen LogP contribution in [0.25, 0.3) is 6.08 Å². The van der Waals surface area contributed by atoms with Gasteiger partial charge in [-0.05, 0) is 12.1 Å². The summed E-state index contributed by atoms with van der Waals surface area (Å²) in [5.41, 5.74) is 0.658. The van der Waals surface area contributed by atoms with Crippen molar-refractivity contribution in [3.05, 3.63) is 34.1 Å². The van der Waals surface area contributed by atoms with Crippen LogP contribution < -0.4 is 0 Å². The fraction of sp³-hybridized carbons (Fsp3) is 0.200. The van der Waals surface area contributed by atoms with Crippen LogP contribution in [0.4, 0.5) is 0 Å². The number of rotatable bonds is 3. The molecule has 0 aliphatic rings. The number of pyridine rings is 1. The predicted octanol–water partition coefficient (Wildman–Crippen LogP) is 3.68. The molecule has 1 aromatic rings. The van der Waals surface area contributed by atoms with Crippen LogP contribution in [-0.2, 0) is 4.79 Å². The van der Waals surface area contributed by atoms with E-state index in [9.17, 15) is 4.79 Å². The van der Waals surface area contributed by atoms with Gasteiger partial charge in [0, 0.05) is 18.9 Å². The van der Waals surface area contributed by atoms with Gasteiger partial charge in [0.15, 0.2) is 5.12 Å². The summed E-state index contributed by atoms with van der Waals surface area (Å²) in [7, 11) is 0. The van der Waals surface area contributed by atoms with Crippen molar-refractivity contribution in [2.45, 2.75) is 6.92 Å². The van der Waals surface area contributed by atoms with Gasteiger partial charge in [0.2, 0.25) is 0 Å². The average Bonchev–Trinajstić information content (AvgIpc) is 2.14. The van der Waals surface area contributed by atoms with E-state index in [4.69, 9.17) is 23.2 Å². The van der Waals surface area contributed by atoms with E-state index >= 15 is 0 Å². The van der Waals surface area contributed by atoms with E-state index in [1.54, 1.807) is 12.1 Å². The summed E-state index contributed by atoms with van der Waals surface area (Å²) in [6, 6.07) is 1.63. The molecule has 0 saturated heterocycles. The molecule has 0 amide bonds. The van der Waals surface area contributed by atoms with Crippen LogP contribution in [0.15, 0.2) is 18.3 Å². The van der Waals surface area contributed by atoms with E-state index in [0.29, 0.717) is 21.5 Å². The number of thioether (sulfide) groups is 1. The Morgan fingerprint density at radius 1 is 1.60 bits per heavy atom. The van der Waals surface area contributed by atoms with E-state index in [2.05, 4.69) is 4.98 Å². The van der Waals surface area contributed by atoms with Crippen molar-refractivity contribution >= 4 is 46.2 Å². The Labute approximate surface area is 103 Å². The average molecular weight is 262 g/mol. The summed E-state index contributed by atoms with van der Waals surface area (Å²) in [5.74, 6) is 0.621. The number of halogens is 2. The quantitative estimate of drug-likeness (QED) is 0.832. The van der Waals surface area contributed by atoms with Gasteiger partial charge in [-0.1, -0.05) is 41.0 Å². The summed E-state index contributed by atoms with van der Waals surface area (Å²) in [6.45, 7) is 1.53. The lowest BCUT2D eigenvalue weighted by atomic mass is 10.3. The first-order chi connectivity index (χ1) is 7.09. The first-order valence-corrected chi connectivity index (χ1v) is 5.94. The van der Waals surface area contributed by atoms with Crippen LogP contribution in [0.2, 0.25) is 10.0 Å². The first-order valence-electron chi connectivity index (χ1n) is 4.20. The summed E-state index contributed by atoms with van der Waals surface area (Å²) >= 11 is 12.8. The number of carbonyl (C=O) groups is 1. The largest absolute Gasteiger partial charge is 0.288 e. The molecule has 0 atom stereocenters. The predicted molar refractivity (Wildman–Crippen MR) is 66.4 cm³/mol. The van der Waals surface area contributed by atoms with E-state index in [0.717, 1.165) is 0 Å². The number of aromatic nitrogens is 1. The highest BCUT2D eigenvalue weighted by Gasteiger charge is 1.98. The van der Waals surface area contributed by atoms with Gasteiger partial charge in [0.25, 0.3) is 0 Å². The SMILES string of the molecule is CC(=O)SCC=Cc1ncc(Cl)cc1Cl. The smallest absolute Gasteiger partial charge is 0.186 e. The van der Waals surface area contributed by atoms with Crippen LogP contribution in [-0.4, -0.2) is 15.9 Å². The van der Waals surface area contributed by atoms with Crippen LogP contribution in [0.3, 0.4) is 0 Å². The van der Waals surface area contributed by atoms with Gasteiger partial charge in [-0.2, -0.15) is 0 Å². The first kappa shape index (κ1) is 12.6. The maximum atomic E-state index is 10.6. The van der Waals surface area contributed by atoms with Crippen LogP contribution in [0.1, 0.15) is 12.6 Å². The molecule has 1 aromatic heterocycles. The maximum Gasteiger partial charge on any atom is 0.186 e. The second kappa shape index (κ2) is 6.16. The van der Waals surface area contributed by atoms with Gasteiger partial charge in [0.05, 0.1) is 15.7 Å². The van der Waals surface area contributed by atoms with E-state index < -0.39 is 0 Å². The Bertz CT molecular complexity index is 393. The molecule has 0 aliphatic heterocycles. The van der Waals surface area contributed by atoms with Crippen molar-refractivity contribution in [2.24, 2.45) is 0 Å². The third kappa shape index (κ3) is 4.69. The molecule has 80 valence electrons. The van der Waals surface area contributed by atoms with Gasteiger partial charge in [-0.15, -0.1) is 0 Å². The van der Waals surface area contributed by atoms with Gasteiger partial charge in [-0.3, -0.25) is 9.78 Å². The van der Waals surface area contributed by atoms with Crippen molar-refractivity contribution in [3.8, 4) is 0 Å². The van der Waals surface area contributed by atoms with Gasteiger partial charge >= 0.3 is 0 Å². The van der Waals surface area contributed by atoms with Gasteiger partial charge < -0.3 is 0 Å². The molecule has 0 radical (unpaired) electrons. The fourth-order valence-corrected chi connectivity index (χ4v) is 1.74. The van der Waals surface area contributed by atoms with Crippen molar-refractivity contribution in [2.75, 3.05) is 5.75 Å². The second-order valence-corrected chi connectivity index (χ2v) is 4.77. The van der Waals surface area contributed by atoms with E-state index in [1.807, 2.05) is 6.08 Å². The minimum atomic E-state index is 0.0924. The summed E-state index contributed by atoms with van der Waals surface area (Å²) in [4.78, 5) is 14.7. The van der Waals surface area contributed by atoms with Gasteiger partial charge in [-0.25, -0.2) is 0 Å². The lowest BCUT2D eigenvalue weighted by molar-refractivity contribution is -0.109. The molecule has 0 saturated carbocycles. The van der Waals surface area contributed by atoms with Crippen molar-refractivity contribution < 1.29 is 4.79 Å².